The molecule has 0 amide bonds. The largest absolute Gasteiger partial charge is 3.00 e. The summed E-state index contributed by atoms with van der Waals surface area (Å²) in [7, 11) is 0. The van der Waals surface area contributed by atoms with E-state index in [0.29, 0.717) is 0 Å². The first-order chi connectivity index (χ1) is 0. The van der Waals surface area contributed by atoms with E-state index in [1.54, 1.807) is 0 Å². The average Bonchev–Trinajstić information content (AvgIpc) is 0. The third kappa shape index (κ3) is 53.0. The van der Waals surface area contributed by atoms with Crippen LogP contribution in [-0.4, -0.2) is 23.1 Å². The van der Waals surface area contributed by atoms with Crippen LogP contribution in [0.4, 0.5) is 0 Å². The normalized spacial score (nSPS) is 0. The molecule has 0 aromatic rings. The Morgan fingerprint density at radius 3 is 0.429 bits per heavy atom. The topological polar surface area (TPSA) is 0 Å². The van der Waals surface area contributed by atoms with Gasteiger partial charge in [0.2, 0.25) is 0 Å². The monoisotopic (exact) mass is 255 g/mol. The molecule has 0 saturated heterocycles. The molecule has 0 saturated carbocycles. The zero-order valence-electron chi connectivity index (χ0n) is 2.95. The van der Waals surface area contributed by atoms with Gasteiger partial charge in [-0.3, -0.25) is 0 Å². The van der Waals surface area contributed by atoms with E-state index < -0.39 is 0 Å². The van der Waals surface area contributed by atoms with Gasteiger partial charge in [0.15, 0.2) is 0 Å². The predicted molar refractivity (Wildman–Crippen MR) is 5.75 cm³/mol. The molecular weight excluding hydrogens is 257 g/mol. The minimum absolute atomic E-state index is 0. The van der Waals surface area contributed by atoms with Gasteiger partial charge in [0.25, 0.3) is 0 Å². The van der Waals surface area contributed by atoms with Crippen molar-refractivity contribution < 1.29 is 79.1 Å². The Balaban J connectivity index is 0. The van der Waals surface area contributed by atoms with Gasteiger partial charge in [-0.2, -0.15) is 0 Å². The van der Waals surface area contributed by atoms with E-state index >= 15 is 0 Å². The summed E-state index contributed by atoms with van der Waals surface area (Å²) in [6.45, 7) is 0. The standard InChI is InChI=1S/5ClH.Fe.Mg/h5*1H;;/q;;;;;+3;+2/p-5. The van der Waals surface area contributed by atoms with E-state index in [1.165, 1.54) is 0 Å². The van der Waals surface area contributed by atoms with Gasteiger partial charge in [0.05, 0.1) is 0 Å². The van der Waals surface area contributed by atoms with Gasteiger partial charge in [0.1, 0.15) is 0 Å². The van der Waals surface area contributed by atoms with Crippen molar-refractivity contribution in [1.82, 2.24) is 0 Å². The number of hydrogen-bond acceptors (Lipinski definition) is 0. The molecule has 0 unspecified atom stereocenters. The van der Waals surface area contributed by atoms with Gasteiger partial charge >= 0.3 is 40.1 Å². The SMILES string of the molecule is [Cl-].[Cl-].[Cl-].[Cl-].[Cl-].[Fe+3].[Mg+2]. The van der Waals surface area contributed by atoms with E-state index in [1.807, 2.05) is 0 Å². The summed E-state index contributed by atoms with van der Waals surface area (Å²) in [6.07, 6.45) is 0. The van der Waals surface area contributed by atoms with Crippen molar-refractivity contribution in [3.05, 3.63) is 0 Å². The van der Waals surface area contributed by atoms with E-state index in [9.17, 15) is 0 Å². The predicted octanol–water partition coefficient (Wildman–Crippen LogP) is -15.4. The van der Waals surface area contributed by atoms with Crippen LogP contribution in [0.1, 0.15) is 0 Å². The fourth-order valence-corrected chi connectivity index (χ4v) is 0. The smallest absolute Gasteiger partial charge is 1.00 e. The second-order valence-corrected chi connectivity index (χ2v) is 0. The van der Waals surface area contributed by atoms with Crippen molar-refractivity contribution in [3.63, 3.8) is 0 Å². The first-order valence-corrected chi connectivity index (χ1v) is 0. The van der Waals surface area contributed by atoms with Gasteiger partial charge in [-0.05, 0) is 0 Å². The third-order valence-electron chi connectivity index (χ3n) is 0. The summed E-state index contributed by atoms with van der Waals surface area (Å²) in [4.78, 5) is 0. The van der Waals surface area contributed by atoms with Crippen LogP contribution in [0.2, 0.25) is 0 Å². The molecule has 0 rings (SSSR count). The first-order valence-electron chi connectivity index (χ1n) is 0. The van der Waals surface area contributed by atoms with Crippen LogP contribution >= 0.6 is 0 Å². The molecule has 0 nitrogen and oxygen atoms in total. The van der Waals surface area contributed by atoms with E-state index in [-0.39, 0.29) is 102 Å². The molecule has 0 spiro atoms. The zero-order chi connectivity index (χ0) is 0. The second kappa shape index (κ2) is 69.8. The van der Waals surface area contributed by atoms with Crippen LogP contribution in [0.5, 0.6) is 0 Å². The second-order valence-electron chi connectivity index (χ2n) is 0. The Morgan fingerprint density at radius 1 is 0.429 bits per heavy atom. The maximum Gasteiger partial charge on any atom is 3.00 e. The Bertz CT molecular complexity index is 8.04. The minimum Gasteiger partial charge on any atom is -1.00 e. The minimum atomic E-state index is 0. The van der Waals surface area contributed by atoms with Gasteiger partial charge in [-0.25, -0.2) is 0 Å². The first kappa shape index (κ1) is 99.3. The van der Waals surface area contributed by atoms with Crippen LogP contribution in [0.15, 0.2) is 0 Å². The molecule has 0 aromatic carbocycles. The van der Waals surface area contributed by atoms with Crippen LogP contribution in [0.3, 0.4) is 0 Å². The van der Waals surface area contributed by atoms with Crippen molar-refractivity contribution in [3.8, 4) is 0 Å². The van der Waals surface area contributed by atoms with Gasteiger partial charge in [-0.1, -0.05) is 0 Å². The Labute approximate surface area is 101 Å². The van der Waals surface area contributed by atoms with E-state index in [4.69, 9.17) is 0 Å². The van der Waals surface area contributed by atoms with Crippen molar-refractivity contribution in [1.29, 1.82) is 0 Å². The molecule has 7 heavy (non-hydrogen) atoms. The molecule has 7 heteroatoms. The molecule has 0 aliphatic carbocycles. The molecule has 0 bridgehead atoms. The summed E-state index contributed by atoms with van der Waals surface area (Å²) >= 11 is 0. The molecule has 0 atom stereocenters. The summed E-state index contributed by atoms with van der Waals surface area (Å²) in [5.41, 5.74) is 0. The molecule has 0 N–H and O–H groups in total. The summed E-state index contributed by atoms with van der Waals surface area (Å²) < 4.78 is 0. The molecule has 0 heterocycles. The van der Waals surface area contributed by atoms with Crippen molar-refractivity contribution in [2.24, 2.45) is 0 Å². The van der Waals surface area contributed by atoms with E-state index in [2.05, 4.69) is 0 Å². The Kier molecular flexibility index (Phi) is 991. The van der Waals surface area contributed by atoms with Crippen LogP contribution < -0.4 is 62.0 Å². The van der Waals surface area contributed by atoms with Crippen molar-refractivity contribution in [2.75, 3.05) is 0 Å². The van der Waals surface area contributed by atoms with Gasteiger partial charge < -0.3 is 62.0 Å². The van der Waals surface area contributed by atoms with Crippen molar-refractivity contribution >= 4 is 23.1 Å². The average molecular weight is 257 g/mol. The Morgan fingerprint density at radius 2 is 0.429 bits per heavy atom. The van der Waals surface area contributed by atoms with Crippen molar-refractivity contribution in [2.45, 2.75) is 0 Å². The number of rotatable bonds is 0. The maximum atomic E-state index is 0. The quantitative estimate of drug-likeness (QED) is 0.378. The molecule has 0 aliphatic rings. The van der Waals surface area contributed by atoms with Crippen LogP contribution in [0.25, 0.3) is 0 Å². The van der Waals surface area contributed by atoms with Crippen LogP contribution in [-0.2, 0) is 17.1 Å². The third-order valence-corrected chi connectivity index (χ3v) is 0. The summed E-state index contributed by atoms with van der Waals surface area (Å²) in [6, 6.07) is 0. The summed E-state index contributed by atoms with van der Waals surface area (Å²) in [5.74, 6) is 0. The fraction of sp³-hybridized carbons (Fsp3) is 0. The summed E-state index contributed by atoms with van der Waals surface area (Å²) in [5, 5.41) is 0. The molecule has 0 fully saturated rings. The Hall–Kier alpha value is 2.74. The number of halogens is 5. The molecule has 0 aromatic heterocycles. The van der Waals surface area contributed by atoms with Crippen LogP contribution in [0, 0.1) is 0 Å². The molecular formula is Cl5FeMg. The fourth-order valence-electron chi connectivity index (χ4n) is 0. The maximum absolute atomic E-state index is 0. The zero-order valence-corrected chi connectivity index (χ0v) is 9.25. The molecule has 45 valence electrons. The molecule has 0 aliphatic heterocycles. The van der Waals surface area contributed by atoms with E-state index in [0.717, 1.165) is 0 Å². The molecule has 1 radical (unpaired) electrons. The van der Waals surface area contributed by atoms with Gasteiger partial charge in [0, 0.05) is 0 Å². The number of hydrogen-bond donors (Lipinski definition) is 0. The van der Waals surface area contributed by atoms with Gasteiger partial charge in [-0.15, -0.1) is 0 Å².